The van der Waals surface area contributed by atoms with Gasteiger partial charge in [0.25, 0.3) is 0 Å². The molecule has 0 bridgehead atoms. The monoisotopic (exact) mass is 695 g/mol. The van der Waals surface area contributed by atoms with E-state index in [4.69, 9.17) is 15.5 Å². The summed E-state index contributed by atoms with van der Waals surface area (Å²) in [5, 5.41) is 16.5. The number of hydrogen-bond donors (Lipinski definition) is 4. The third-order valence-electron chi connectivity index (χ3n) is 10.8. The summed E-state index contributed by atoms with van der Waals surface area (Å²) in [6.45, 7) is 9.33. The molecule has 270 valence electrons. The van der Waals surface area contributed by atoms with Gasteiger partial charge in [-0.05, 0) is 42.7 Å². The van der Waals surface area contributed by atoms with Gasteiger partial charge in [-0.2, -0.15) is 0 Å². The second kappa shape index (κ2) is 14.5. The third-order valence-corrected chi connectivity index (χ3v) is 10.8. The molecule has 5 N–H and O–H groups in total. The van der Waals surface area contributed by atoms with Crippen molar-refractivity contribution in [2.24, 2.45) is 23.0 Å². The SMILES string of the molecule is C=CC1C[C@]1(NC(=O)[C@@H]1C[C@@H](Oc2cc(-c3ccccc3)nc3ccccc23)CN1C(=O)[C@@H](NC(=O)[C@@H](N)C1CCCCC1)C(C)(C)C)C(=O)O. The van der Waals surface area contributed by atoms with Gasteiger partial charge in [-0.3, -0.25) is 14.4 Å². The van der Waals surface area contributed by atoms with Crippen LogP contribution in [0.15, 0.2) is 73.3 Å². The van der Waals surface area contributed by atoms with Gasteiger partial charge < -0.3 is 31.1 Å². The maximum Gasteiger partial charge on any atom is 0.330 e. The van der Waals surface area contributed by atoms with Gasteiger partial charge in [-0.1, -0.05) is 88.6 Å². The van der Waals surface area contributed by atoms with Crippen molar-refractivity contribution in [1.82, 2.24) is 20.5 Å². The minimum atomic E-state index is -1.48. The Morgan fingerprint density at radius 2 is 1.75 bits per heavy atom. The summed E-state index contributed by atoms with van der Waals surface area (Å²) < 4.78 is 6.66. The van der Waals surface area contributed by atoms with E-state index in [0.29, 0.717) is 11.4 Å². The van der Waals surface area contributed by atoms with Crippen molar-refractivity contribution in [3.63, 3.8) is 0 Å². The zero-order valence-corrected chi connectivity index (χ0v) is 29.6. The zero-order valence-electron chi connectivity index (χ0n) is 29.6. The van der Waals surface area contributed by atoms with Crippen molar-refractivity contribution >= 4 is 34.6 Å². The number of amides is 3. The molecule has 3 aromatic rings. The van der Waals surface area contributed by atoms with E-state index >= 15 is 0 Å². The first-order valence-corrected chi connectivity index (χ1v) is 18.0. The molecule has 1 unspecified atom stereocenters. The van der Waals surface area contributed by atoms with Crippen molar-refractivity contribution in [2.45, 2.75) is 95.5 Å². The summed E-state index contributed by atoms with van der Waals surface area (Å²) in [6.07, 6.45) is 6.10. The first-order valence-electron chi connectivity index (χ1n) is 18.0. The molecular weight excluding hydrogens is 646 g/mol. The van der Waals surface area contributed by atoms with E-state index in [1.807, 2.05) is 81.4 Å². The molecule has 6 atom stereocenters. The number of carboxylic acids is 1. The fourth-order valence-electron chi connectivity index (χ4n) is 7.63. The predicted octanol–water partition coefficient (Wildman–Crippen LogP) is 4.83. The number of aromatic nitrogens is 1. The van der Waals surface area contributed by atoms with E-state index in [-0.39, 0.29) is 25.3 Å². The number of nitrogens with two attached hydrogens (primary N) is 1. The quantitative estimate of drug-likeness (QED) is 0.207. The Morgan fingerprint density at radius 1 is 1.06 bits per heavy atom. The molecule has 1 aromatic heterocycles. The van der Waals surface area contributed by atoms with Crippen LogP contribution < -0.4 is 21.1 Å². The minimum absolute atomic E-state index is 0.0380. The summed E-state index contributed by atoms with van der Waals surface area (Å²) in [5.41, 5.74) is 6.58. The molecule has 3 fully saturated rings. The number of hydrogen-bond acceptors (Lipinski definition) is 7. The lowest BCUT2D eigenvalue weighted by Gasteiger charge is -2.37. The van der Waals surface area contributed by atoms with Crippen LogP contribution in [0.3, 0.4) is 0 Å². The fraction of sp³-hybridized carbons (Fsp3) is 0.475. The molecule has 1 aliphatic heterocycles. The molecule has 1 saturated heterocycles. The van der Waals surface area contributed by atoms with E-state index in [1.165, 1.54) is 11.0 Å². The average molecular weight is 696 g/mol. The molecule has 51 heavy (non-hydrogen) atoms. The lowest BCUT2D eigenvalue weighted by Crippen LogP contribution is -2.61. The molecule has 2 aromatic carbocycles. The number of aliphatic carboxylic acids is 1. The number of benzene rings is 2. The number of pyridine rings is 1. The predicted molar refractivity (Wildman–Crippen MR) is 194 cm³/mol. The van der Waals surface area contributed by atoms with Crippen molar-refractivity contribution in [3.05, 3.63) is 73.3 Å². The van der Waals surface area contributed by atoms with Crippen molar-refractivity contribution < 1.29 is 29.0 Å². The summed E-state index contributed by atoms with van der Waals surface area (Å²) in [7, 11) is 0. The number of nitrogens with zero attached hydrogens (tertiary/aromatic N) is 2. The van der Waals surface area contributed by atoms with Gasteiger partial charge >= 0.3 is 5.97 Å². The van der Waals surface area contributed by atoms with Gasteiger partial charge in [-0.25, -0.2) is 9.78 Å². The summed E-state index contributed by atoms with van der Waals surface area (Å²) >= 11 is 0. The molecule has 2 heterocycles. The second-order valence-corrected chi connectivity index (χ2v) is 15.4. The summed E-state index contributed by atoms with van der Waals surface area (Å²) in [6, 6.07) is 16.4. The second-order valence-electron chi connectivity index (χ2n) is 15.4. The number of carbonyl (C=O) groups is 4. The van der Waals surface area contributed by atoms with Crippen LogP contribution in [-0.4, -0.2) is 75.0 Å². The molecule has 3 amide bonds. The van der Waals surface area contributed by atoms with Crippen LogP contribution in [-0.2, 0) is 19.2 Å². The van der Waals surface area contributed by atoms with Gasteiger partial charge in [0, 0.05) is 29.4 Å². The Bertz CT molecular complexity index is 1800. The fourth-order valence-corrected chi connectivity index (χ4v) is 7.63. The highest BCUT2D eigenvalue weighted by Crippen LogP contribution is 2.45. The van der Waals surface area contributed by atoms with Crippen molar-refractivity contribution in [2.75, 3.05) is 6.54 Å². The topological polar surface area (TPSA) is 164 Å². The Labute approximate surface area is 299 Å². The maximum atomic E-state index is 14.6. The molecule has 6 rings (SSSR count). The van der Waals surface area contributed by atoms with Crippen molar-refractivity contribution in [3.8, 4) is 17.0 Å². The van der Waals surface area contributed by atoms with Crippen LogP contribution in [0, 0.1) is 17.3 Å². The van der Waals surface area contributed by atoms with Crippen LogP contribution in [0.1, 0.15) is 65.7 Å². The van der Waals surface area contributed by atoms with Crippen LogP contribution in [0.5, 0.6) is 5.75 Å². The summed E-state index contributed by atoms with van der Waals surface area (Å²) in [4.78, 5) is 60.8. The number of ether oxygens (including phenoxy) is 1. The number of carbonyl (C=O) groups excluding carboxylic acids is 3. The van der Waals surface area contributed by atoms with Crippen LogP contribution in [0.4, 0.5) is 0 Å². The van der Waals surface area contributed by atoms with E-state index in [2.05, 4.69) is 17.2 Å². The van der Waals surface area contributed by atoms with E-state index in [1.54, 1.807) is 0 Å². The smallest absolute Gasteiger partial charge is 0.330 e. The molecule has 2 saturated carbocycles. The van der Waals surface area contributed by atoms with Gasteiger partial charge in [0.05, 0.1) is 23.8 Å². The van der Waals surface area contributed by atoms with Gasteiger partial charge in [-0.15, -0.1) is 6.58 Å². The molecule has 0 spiro atoms. The van der Waals surface area contributed by atoms with E-state index < -0.39 is 64.8 Å². The number of carboxylic acid groups (broad SMARTS) is 1. The zero-order chi connectivity index (χ0) is 36.5. The molecule has 3 aliphatic rings. The Balaban J connectivity index is 1.31. The molecule has 11 nitrogen and oxygen atoms in total. The van der Waals surface area contributed by atoms with Crippen LogP contribution in [0.2, 0.25) is 0 Å². The number of rotatable bonds is 11. The van der Waals surface area contributed by atoms with E-state index in [9.17, 15) is 24.3 Å². The average Bonchev–Trinajstić information content (AvgIpc) is 3.69. The van der Waals surface area contributed by atoms with Crippen LogP contribution >= 0.6 is 0 Å². The standard InChI is InChI=1S/C40H49N5O6/c1-5-26-22-40(26,38(49)50)44-35(46)31-20-27(51-32-21-30(24-14-8-6-9-15-24)42-29-19-13-12-18-28(29)32)23-45(31)37(48)34(39(2,3)4)43-36(47)33(41)25-16-10-7-11-17-25/h5-6,8-9,12-15,18-19,21,25-27,31,33-34H,1,7,10-11,16-17,20,22-23,41H2,2-4H3,(H,43,47)(H,44,46)(H,49,50)/t26?,27-,31+,33+,34-,40-/m1/s1. The van der Waals surface area contributed by atoms with Crippen LogP contribution in [0.25, 0.3) is 22.2 Å². The highest BCUT2D eigenvalue weighted by atomic mass is 16.5. The number of nitrogens with one attached hydrogen (secondary N) is 2. The minimum Gasteiger partial charge on any atom is -0.488 e. The molecule has 0 radical (unpaired) electrons. The Kier molecular flexibility index (Phi) is 10.2. The van der Waals surface area contributed by atoms with Crippen molar-refractivity contribution in [1.29, 1.82) is 0 Å². The first-order chi connectivity index (χ1) is 24.3. The number of likely N-dealkylation sites (tertiary alicyclic amines) is 1. The molecule has 11 heteroatoms. The number of fused-ring (bicyclic) bond motifs is 1. The Hall–Kier alpha value is -4.77. The van der Waals surface area contributed by atoms with Gasteiger partial charge in [0.2, 0.25) is 17.7 Å². The Morgan fingerprint density at radius 3 is 2.39 bits per heavy atom. The molecular formula is C40H49N5O6. The lowest BCUT2D eigenvalue weighted by molar-refractivity contribution is -0.147. The van der Waals surface area contributed by atoms with E-state index in [0.717, 1.165) is 48.6 Å². The summed E-state index contributed by atoms with van der Waals surface area (Å²) in [5.74, 6) is -2.44. The normalized spacial score (nSPS) is 24.7. The highest BCUT2D eigenvalue weighted by Gasteiger charge is 2.61. The van der Waals surface area contributed by atoms with Gasteiger partial charge in [0.1, 0.15) is 29.5 Å². The largest absolute Gasteiger partial charge is 0.488 e. The molecule has 2 aliphatic carbocycles. The third kappa shape index (κ3) is 7.49. The lowest BCUT2D eigenvalue weighted by atomic mass is 9.82. The highest BCUT2D eigenvalue weighted by molar-refractivity contribution is 5.97. The number of para-hydroxylation sites is 1. The first kappa shape index (κ1) is 36.0. The maximum absolute atomic E-state index is 14.6. The van der Waals surface area contributed by atoms with Gasteiger partial charge in [0.15, 0.2) is 0 Å².